The molecule has 2 N–H and O–H groups in total. The van der Waals surface area contributed by atoms with Crippen LogP contribution in [0.2, 0.25) is 0 Å². The first-order chi connectivity index (χ1) is 8.69. The Morgan fingerprint density at radius 3 is 3.00 bits per heavy atom. The van der Waals surface area contributed by atoms with Crippen LogP contribution >= 0.6 is 11.8 Å². The van der Waals surface area contributed by atoms with Crippen LogP contribution in [-0.2, 0) is 0 Å². The highest BCUT2D eigenvalue weighted by molar-refractivity contribution is 7.99. The Hall–Kier alpha value is -1.23. The van der Waals surface area contributed by atoms with Gasteiger partial charge in [-0.05, 0) is 37.7 Å². The van der Waals surface area contributed by atoms with Crippen molar-refractivity contribution in [3.63, 3.8) is 0 Å². The number of nitrogens with zero attached hydrogens (tertiary/aromatic N) is 2. The molecular formula is C13H16FN3S. The quantitative estimate of drug-likeness (QED) is 0.906. The highest BCUT2D eigenvalue weighted by Gasteiger charge is 2.27. The fraction of sp³-hybridized carbons (Fsp3) is 0.462. The number of thioether (sulfide) groups is 1. The van der Waals surface area contributed by atoms with Crippen molar-refractivity contribution in [1.29, 1.82) is 0 Å². The van der Waals surface area contributed by atoms with Gasteiger partial charge in [-0.1, -0.05) is 0 Å². The lowest BCUT2D eigenvalue weighted by atomic mass is 10.2. The maximum Gasteiger partial charge on any atom is 0.201 e. The van der Waals surface area contributed by atoms with Gasteiger partial charge in [0, 0.05) is 17.4 Å². The number of nitrogen functional groups attached to an aromatic ring is 1. The third kappa shape index (κ3) is 1.86. The van der Waals surface area contributed by atoms with E-state index in [0.29, 0.717) is 22.8 Å². The molecule has 1 heterocycles. The van der Waals surface area contributed by atoms with Gasteiger partial charge in [0.25, 0.3) is 0 Å². The Balaban J connectivity index is 2.04. The van der Waals surface area contributed by atoms with Gasteiger partial charge in [-0.2, -0.15) is 11.8 Å². The molecule has 1 fully saturated rings. The summed E-state index contributed by atoms with van der Waals surface area (Å²) < 4.78 is 15.3. The smallest absolute Gasteiger partial charge is 0.201 e. The van der Waals surface area contributed by atoms with Gasteiger partial charge in [0.2, 0.25) is 5.95 Å². The number of nitrogens with two attached hydrogens (primary N) is 1. The van der Waals surface area contributed by atoms with Crippen LogP contribution in [0.4, 0.5) is 10.3 Å². The van der Waals surface area contributed by atoms with E-state index < -0.39 is 0 Å². The van der Waals surface area contributed by atoms with Crippen molar-refractivity contribution in [3.05, 3.63) is 24.0 Å². The maximum absolute atomic E-state index is 13.2. The fourth-order valence-corrected chi connectivity index (χ4v) is 3.63. The van der Waals surface area contributed by atoms with Gasteiger partial charge in [0.15, 0.2) is 0 Å². The normalized spacial score (nSPS) is 23.9. The fourth-order valence-electron chi connectivity index (χ4n) is 2.84. The molecule has 2 unspecified atom stereocenters. The van der Waals surface area contributed by atoms with Crippen molar-refractivity contribution in [3.8, 4) is 0 Å². The molecule has 0 amide bonds. The van der Waals surface area contributed by atoms with Crippen LogP contribution in [0.25, 0.3) is 11.0 Å². The minimum Gasteiger partial charge on any atom is -0.369 e. The van der Waals surface area contributed by atoms with Crippen molar-refractivity contribution in [2.24, 2.45) is 0 Å². The molecule has 2 aromatic rings. The van der Waals surface area contributed by atoms with Gasteiger partial charge < -0.3 is 10.3 Å². The third-order valence-electron chi connectivity index (χ3n) is 3.73. The minimum atomic E-state index is -0.263. The Kier molecular flexibility index (Phi) is 2.93. The first-order valence-electron chi connectivity index (χ1n) is 6.15. The Labute approximate surface area is 110 Å². The van der Waals surface area contributed by atoms with E-state index in [1.165, 1.54) is 18.6 Å². The molecule has 18 heavy (non-hydrogen) atoms. The number of hydrogen-bond acceptors (Lipinski definition) is 3. The van der Waals surface area contributed by atoms with Crippen molar-refractivity contribution < 1.29 is 4.39 Å². The Morgan fingerprint density at radius 1 is 1.44 bits per heavy atom. The van der Waals surface area contributed by atoms with Crippen molar-refractivity contribution in [2.45, 2.75) is 30.6 Å². The lowest BCUT2D eigenvalue weighted by Crippen LogP contribution is -2.09. The van der Waals surface area contributed by atoms with Crippen LogP contribution < -0.4 is 5.73 Å². The number of hydrogen-bond donors (Lipinski definition) is 1. The topological polar surface area (TPSA) is 43.8 Å². The van der Waals surface area contributed by atoms with Crippen LogP contribution in [0.1, 0.15) is 25.3 Å². The number of imidazole rings is 1. The number of anilines is 1. The van der Waals surface area contributed by atoms with E-state index in [1.54, 1.807) is 6.07 Å². The highest BCUT2D eigenvalue weighted by Crippen LogP contribution is 2.39. The van der Waals surface area contributed by atoms with E-state index in [4.69, 9.17) is 5.73 Å². The number of halogens is 1. The van der Waals surface area contributed by atoms with E-state index in [2.05, 4.69) is 15.8 Å². The zero-order valence-corrected chi connectivity index (χ0v) is 11.1. The summed E-state index contributed by atoms with van der Waals surface area (Å²) in [6.07, 6.45) is 5.61. The zero-order chi connectivity index (χ0) is 12.7. The summed E-state index contributed by atoms with van der Waals surface area (Å²) >= 11 is 1.91. The molecule has 1 aromatic heterocycles. The summed E-state index contributed by atoms with van der Waals surface area (Å²) in [5.41, 5.74) is 7.59. The van der Waals surface area contributed by atoms with E-state index in [0.717, 1.165) is 18.4 Å². The van der Waals surface area contributed by atoms with Crippen molar-refractivity contribution >= 4 is 28.7 Å². The molecule has 0 saturated heterocycles. The predicted octanol–water partition coefficient (Wildman–Crippen LogP) is 3.21. The van der Waals surface area contributed by atoms with Gasteiger partial charge in [-0.3, -0.25) is 0 Å². The predicted molar refractivity (Wildman–Crippen MR) is 74.3 cm³/mol. The van der Waals surface area contributed by atoms with Crippen LogP contribution in [-0.4, -0.2) is 21.1 Å². The third-order valence-corrected chi connectivity index (χ3v) is 4.83. The van der Waals surface area contributed by atoms with Gasteiger partial charge in [0.05, 0.1) is 11.0 Å². The molecule has 0 bridgehead atoms. The number of rotatable bonds is 2. The van der Waals surface area contributed by atoms with Gasteiger partial charge in [-0.25, -0.2) is 9.37 Å². The minimum absolute atomic E-state index is 0.263. The van der Waals surface area contributed by atoms with Crippen LogP contribution in [0, 0.1) is 5.82 Å². The summed E-state index contributed by atoms with van der Waals surface area (Å²) in [5, 5.41) is 0.701. The summed E-state index contributed by atoms with van der Waals surface area (Å²) in [6, 6.07) is 5.10. The molecule has 0 radical (unpaired) electrons. The molecule has 96 valence electrons. The first kappa shape index (κ1) is 11.8. The summed E-state index contributed by atoms with van der Waals surface area (Å²) in [5.74, 6) is 0.239. The number of fused-ring (bicyclic) bond motifs is 1. The van der Waals surface area contributed by atoms with E-state index in [9.17, 15) is 4.39 Å². The van der Waals surface area contributed by atoms with Crippen LogP contribution in [0.5, 0.6) is 0 Å². The summed E-state index contributed by atoms with van der Waals surface area (Å²) in [7, 11) is 0. The molecule has 0 spiro atoms. The van der Waals surface area contributed by atoms with Gasteiger partial charge in [0.1, 0.15) is 5.82 Å². The zero-order valence-electron chi connectivity index (χ0n) is 10.3. The van der Waals surface area contributed by atoms with Crippen LogP contribution in [0.15, 0.2) is 18.2 Å². The van der Waals surface area contributed by atoms with Gasteiger partial charge in [-0.15, -0.1) is 0 Å². The molecule has 1 saturated carbocycles. The molecule has 3 nitrogen and oxygen atoms in total. The molecule has 1 aromatic carbocycles. The van der Waals surface area contributed by atoms with Crippen molar-refractivity contribution in [2.75, 3.05) is 12.0 Å². The van der Waals surface area contributed by atoms with E-state index >= 15 is 0 Å². The van der Waals surface area contributed by atoms with Crippen molar-refractivity contribution in [1.82, 2.24) is 9.55 Å². The molecular weight excluding hydrogens is 249 g/mol. The maximum atomic E-state index is 13.2. The Bertz CT molecular complexity index is 581. The van der Waals surface area contributed by atoms with Crippen LogP contribution in [0.3, 0.4) is 0 Å². The molecule has 1 aliphatic carbocycles. The average molecular weight is 265 g/mol. The van der Waals surface area contributed by atoms with Gasteiger partial charge >= 0.3 is 0 Å². The van der Waals surface area contributed by atoms with E-state index in [-0.39, 0.29) is 5.82 Å². The molecule has 1 aliphatic rings. The second-order valence-electron chi connectivity index (χ2n) is 4.80. The standard InChI is InChI=1S/C13H16FN3S/c1-18-10-4-3-9(7-10)17-12-5-2-8(14)6-11(12)16-13(17)15/h2,5-6,9-10H,3-4,7H2,1H3,(H2,15,16). The average Bonchev–Trinajstić information content (AvgIpc) is 2.91. The molecule has 5 heteroatoms. The summed E-state index contributed by atoms with van der Waals surface area (Å²) in [4.78, 5) is 4.26. The Morgan fingerprint density at radius 2 is 2.28 bits per heavy atom. The second kappa shape index (κ2) is 4.46. The highest BCUT2D eigenvalue weighted by atomic mass is 32.2. The number of aromatic nitrogens is 2. The molecule has 2 atom stereocenters. The van der Waals surface area contributed by atoms with E-state index in [1.807, 2.05) is 11.8 Å². The molecule has 3 rings (SSSR count). The summed E-state index contributed by atoms with van der Waals surface area (Å²) in [6.45, 7) is 0. The lowest BCUT2D eigenvalue weighted by Gasteiger charge is -2.14. The largest absolute Gasteiger partial charge is 0.369 e. The molecule has 0 aliphatic heterocycles. The second-order valence-corrected chi connectivity index (χ2v) is 5.94. The SMILES string of the molecule is CSC1CCC(n2c(N)nc3cc(F)ccc32)C1. The first-order valence-corrected chi connectivity index (χ1v) is 7.43. The monoisotopic (exact) mass is 265 g/mol. The lowest BCUT2D eigenvalue weighted by molar-refractivity contribution is 0.540. The number of benzene rings is 1.